The Morgan fingerprint density at radius 2 is 1.67 bits per heavy atom. The normalized spacial score (nSPS) is 13.9. The fraction of sp³-hybridized carbons (Fsp3) is 0.0769. The molecular weight excluding hydrogens is 271 g/mol. The van der Waals surface area contributed by atoms with Crippen LogP contribution in [0, 0.1) is 0 Å². The molecule has 0 aliphatic rings. The van der Waals surface area contributed by atoms with E-state index in [2.05, 4.69) is 0 Å². The molecule has 0 aromatic heterocycles. The van der Waals surface area contributed by atoms with E-state index in [4.69, 9.17) is 16.1 Å². The topological polar surface area (TPSA) is 46.5 Å². The molecule has 5 heteroatoms. The minimum absolute atomic E-state index is 0.0426. The summed E-state index contributed by atoms with van der Waals surface area (Å²) in [5.41, 5.74) is 0.709. The molecule has 1 unspecified atom stereocenters. The van der Waals surface area contributed by atoms with Gasteiger partial charge in [0.15, 0.2) is 0 Å². The highest BCUT2D eigenvalue weighted by Gasteiger charge is 2.21. The molecule has 0 saturated carbocycles. The van der Waals surface area contributed by atoms with Crippen molar-refractivity contribution in [2.24, 2.45) is 0 Å². The lowest BCUT2D eigenvalue weighted by Gasteiger charge is -2.13. The van der Waals surface area contributed by atoms with Gasteiger partial charge in [0, 0.05) is 5.02 Å². The highest BCUT2D eigenvalue weighted by atomic mass is 35.5. The van der Waals surface area contributed by atoms with E-state index < -0.39 is 7.60 Å². The van der Waals surface area contributed by atoms with Gasteiger partial charge in [0.25, 0.3) is 0 Å². The fourth-order valence-corrected chi connectivity index (χ4v) is 2.81. The maximum absolute atomic E-state index is 11.9. The van der Waals surface area contributed by atoms with Crippen LogP contribution in [-0.2, 0) is 10.7 Å². The lowest BCUT2D eigenvalue weighted by molar-refractivity contribution is 0.378. The van der Waals surface area contributed by atoms with Crippen LogP contribution in [0.15, 0.2) is 54.6 Å². The molecule has 0 saturated heterocycles. The molecule has 18 heavy (non-hydrogen) atoms. The van der Waals surface area contributed by atoms with Crippen molar-refractivity contribution in [3.63, 3.8) is 0 Å². The standard InChI is InChI=1S/C13H12ClO3P/c14-12-8-6-11(7-9-12)10-18(15,16)17-13-4-2-1-3-5-13/h1-9H,10H2,(H,15,16). The average molecular weight is 283 g/mol. The summed E-state index contributed by atoms with van der Waals surface area (Å²) in [6.07, 6.45) is -0.0426. The summed E-state index contributed by atoms with van der Waals surface area (Å²) in [7, 11) is -3.69. The van der Waals surface area contributed by atoms with Gasteiger partial charge in [-0.05, 0) is 29.8 Å². The van der Waals surface area contributed by atoms with Crippen LogP contribution in [0.1, 0.15) is 5.56 Å². The Kier molecular flexibility index (Phi) is 4.07. The minimum Gasteiger partial charge on any atom is -0.424 e. The maximum atomic E-state index is 11.9. The van der Waals surface area contributed by atoms with E-state index in [-0.39, 0.29) is 6.16 Å². The number of hydrogen-bond donors (Lipinski definition) is 1. The predicted octanol–water partition coefficient (Wildman–Crippen LogP) is 4.10. The van der Waals surface area contributed by atoms with Gasteiger partial charge in [-0.25, -0.2) is 4.57 Å². The molecule has 0 radical (unpaired) electrons. The van der Waals surface area contributed by atoms with E-state index in [0.717, 1.165) is 0 Å². The first-order chi connectivity index (χ1) is 8.55. The second-order valence-electron chi connectivity index (χ2n) is 3.83. The Hall–Kier alpha value is -1.28. The summed E-state index contributed by atoms with van der Waals surface area (Å²) in [6, 6.07) is 15.4. The Morgan fingerprint density at radius 1 is 1.06 bits per heavy atom. The van der Waals surface area contributed by atoms with Crippen molar-refractivity contribution < 1.29 is 14.0 Å². The lowest BCUT2D eigenvalue weighted by Crippen LogP contribution is -1.95. The Morgan fingerprint density at radius 3 is 2.28 bits per heavy atom. The summed E-state index contributed by atoms with van der Waals surface area (Å²) in [5.74, 6) is 0.386. The summed E-state index contributed by atoms with van der Waals surface area (Å²) in [5, 5.41) is 0.593. The van der Waals surface area contributed by atoms with Gasteiger partial charge in [-0.1, -0.05) is 41.9 Å². The van der Waals surface area contributed by atoms with Gasteiger partial charge in [0.1, 0.15) is 5.75 Å². The summed E-state index contributed by atoms with van der Waals surface area (Å²) < 4.78 is 17.1. The maximum Gasteiger partial charge on any atom is 0.380 e. The zero-order valence-electron chi connectivity index (χ0n) is 9.49. The van der Waals surface area contributed by atoms with Gasteiger partial charge in [0.05, 0.1) is 6.16 Å². The highest BCUT2D eigenvalue weighted by molar-refractivity contribution is 7.52. The van der Waals surface area contributed by atoms with Crippen molar-refractivity contribution in [3.8, 4) is 5.75 Å². The van der Waals surface area contributed by atoms with Crippen LogP contribution >= 0.6 is 19.2 Å². The van der Waals surface area contributed by atoms with Crippen LogP contribution in [-0.4, -0.2) is 4.89 Å². The molecule has 0 fully saturated rings. The van der Waals surface area contributed by atoms with Crippen molar-refractivity contribution in [2.75, 3.05) is 0 Å². The van der Waals surface area contributed by atoms with Crippen molar-refractivity contribution in [3.05, 3.63) is 65.2 Å². The van der Waals surface area contributed by atoms with E-state index >= 15 is 0 Å². The smallest absolute Gasteiger partial charge is 0.380 e. The van der Waals surface area contributed by atoms with Gasteiger partial charge in [-0.3, -0.25) is 0 Å². The molecular formula is C13H12ClO3P. The number of halogens is 1. The molecule has 0 bridgehead atoms. The summed E-state index contributed by atoms with van der Waals surface area (Å²) in [6.45, 7) is 0. The third-order valence-electron chi connectivity index (χ3n) is 2.29. The predicted molar refractivity (Wildman–Crippen MR) is 72.1 cm³/mol. The Labute approximate surface area is 111 Å². The molecule has 2 aromatic rings. The first-order valence-electron chi connectivity index (χ1n) is 5.36. The lowest BCUT2D eigenvalue weighted by atomic mass is 10.2. The van der Waals surface area contributed by atoms with Crippen LogP contribution in [0.4, 0.5) is 0 Å². The van der Waals surface area contributed by atoms with Gasteiger partial charge in [-0.15, -0.1) is 0 Å². The molecule has 1 atom stereocenters. The largest absolute Gasteiger partial charge is 0.424 e. The van der Waals surface area contributed by atoms with Crippen molar-refractivity contribution in [1.82, 2.24) is 0 Å². The van der Waals surface area contributed by atoms with Gasteiger partial charge in [0.2, 0.25) is 0 Å². The van der Waals surface area contributed by atoms with Gasteiger partial charge in [-0.2, -0.15) is 0 Å². The van der Waals surface area contributed by atoms with Crippen molar-refractivity contribution in [2.45, 2.75) is 6.16 Å². The SMILES string of the molecule is O=P(O)(Cc1ccc(Cl)cc1)Oc1ccccc1. The summed E-state index contributed by atoms with van der Waals surface area (Å²) in [4.78, 5) is 9.79. The minimum atomic E-state index is -3.69. The monoisotopic (exact) mass is 282 g/mol. The second kappa shape index (κ2) is 5.57. The molecule has 94 valence electrons. The molecule has 0 heterocycles. The number of hydrogen-bond acceptors (Lipinski definition) is 2. The van der Waals surface area contributed by atoms with Crippen LogP contribution in [0.3, 0.4) is 0 Å². The molecule has 0 aliphatic carbocycles. The van der Waals surface area contributed by atoms with E-state index in [1.807, 2.05) is 6.07 Å². The van der Waals surface area contributed by atoms with E-state index in [1.165, 1.54) is 0 Å². The zero-order chi connectivity index (χ0) is 13.0. The van der Waals surface area contributed by atoms with Crippen LogP contribution in [0.25, 0.3) is 0 Å². The van der Waals surface area contributed by atoms with Crippen LogP contribution < -0.4 is 4.52 Å². The molecule has 0 spiro atoms. The van der Waals surface area contributed by atoms with Crippen LogP contribution in [0.5, 0.6) is 5.75 Å². The van der Waals surface area contributed by atoms with Gasteiger partial charge >= 0.3 is 7.60 Å². The molecule has 0 amide bonds. The number of benzene rings is 2. The van der Waals surface area contributed by atoms with Crippen molar-refractivity contribution in [1.29, 1.82) is 0 Å². The highest BCUT2D eigenvalue weighted by Crippen LogP contribution is 2.45. The molecule has 0 aliphatic heterocycles. The second-order valence-corrected chi connectivity index (χ2v) is 6.04. The zero-order valence-corrected chi connectivity index (χ0v) is 11.1. The molecule has 2 rings (SSSR count). The number of para-hydroxylation sites is 1. The first-order valence-corrected chi connectivity index (χ1v) is 7.50. The molecule has 2 aromatic carbocycles. The average Bonchev–Trinajstić information content (AvgIpc) is 2.32. The third kappa shape index (κ3) is 3.88. The first kappa shape index (κ1) is 13.2. The number of rotatable bonds is 4. The summed E-state index contributed by atoms with van der Waals surface area (Å²) >= 11 is 5.75. The van der Waals surface area contributed by atoms with Gasteiger partial charge < -0.3 is 9.42 Å². The molecule has 3 nitrogen and oxygen atoms in total. The fourth-order valence-electron chi connectivity index (χ4n) is 1.50. The Balaban J connectivity index is 2.08. The van der Waals surface area contributed by atoms with E-state index in [9.17, 15) is 9.46 Å². The van der Waals surface area contributed by atoms with E-state index in [1.54, 1.807) is 48.5 Å². The third-order valence-corrected chi connectivity index (χ3v) is 3.80. The van der Waals surface area contributed by atoms with Crippen LogP contribution in [0.2, 0.25) is 5.02 Å². The Bertz CT molecular complexity index is 554. The van der Waals surface area contributed by atoms with Crippen molar-refractivity contribution >= 4 is 19.2 Å². The molecule has 1 N–H and O–H groups in total. The van der Waals surface area contributed by atoms with E-state index in [0.29, 0.717) is 16.3 Å². The quantitative estimate of drug-likeness (QED) is 0.859.